The van der Waals surface area contributed by atoms with E-state index in [1.807, 2.05) is 62.4 Å². The molecule has 4 aromatic rings. The van der Waals surface area contributed by atoms with E-state index in [2.05, 4.69) is 111 Å². The minimum absolute atomic E-state index is 0. The van der Waals surface area contributed by atoms with Crippen molar-refractivity contribution in [1.82, 2.24) is 0 Å². The van der Waals surface area contributed by atoms with Crippen molar-refractivity contribution >= 4 is 92.0 Å². The summed E-state index contributed by atoms with van der Waals surface area (Å²) >= 11 is 6.96. The number of carbonyl (C=O) groups is 3. The van der Waals surface area contributed by atoms with Crippen LogP contribution >= 0.6 is 31.9 Å². The van der Waals surface area contributed by atoms with Gasteiger partial charge >= 0.3 is 132 Å². The van der Waals surface area contributed by atoms with Gasteiger partial charge in [0.2, 0.25) is 11.8 Å². The maximum absolute atomic E-state index is 12.3. The third kappa shape index (κ3) is 20.6. The number of rotatable bonds is 12. The summed E-state index contributed by atoms with van der Waals surface area (Å²) in [6.45, 7) is 14.6. The number of anilines is 6. The summed E-state index contributed by atoms with van der Waals surface area (Å²) in [6.07, 6.45) is 0.484. The number of Topliss-reactive ketones (excluding diaryl/α,β-unsaturated/α-hetero) is 1. The summed E-state index contributed by atoms with van der Waals surface area (Å²) in [6, 6.07) is 32.7. The molecule has 3 atom stereocenters. The van der Waals surface area contributed by atoms with Crippen molar-refractivity contribution in [1.29, 1.82) is 0 Å². The minimum Gasteiger partial charge on any atom is -1.00 e. The second kappa shape index (κ2) is 34.2. The third-order valence-corrected chi connectivity index (χ3v) is 11.6. The van der Waals surface area contributed by atoms with Gasteiger partial charge in [0.25, 0.3) is 0 Å². The number of aliphatic hydroxyl groups is 2. The first-order valence-corrected chi connectivity index (χ1v) is 21.5. The Hall–Kier alpha value is -0.0923. The van der Waals surface area contributed by atoms with Gasteiger partial charge < -0.3 is 50.7 Å². The zero-order valence-corrected chi connectivity index (χ0v) is 50.2. The second-order valence-electron chi connectivity index (χ2n) is 14.3. The molecule has 4 N–H and O–H groups in total. The summed E-state index contributed by atoms with van der Waals surface area (Å²) in [5, 5.41) is 22.5. The van der Waals surface area contributed by atoms with Crippen LogP contribution in [0.1, 0.15) is 43.4 Å². The fourth-order valence-corrected chi connectivity index (χ4v) is 7.66. The monoisotopic (exact) mass is 1050 g/mol. The number of carbonyl (C=O) groups excluding carboxylic acids is 3. The van der Waals surface area contributed by atoms with Crippen molar-refractivity contribution in [3.8, 4) is 0 Å². The van der Waals surface area contributed by atoms with Crippen molar-refractivity contribution in [2.45, 2.75) is 46.6 Å². The first kappa shape index (κ1) is 65.0. The molecule has 0 bridgehead atoms. The number of halogens is 2. The molecule has 3 radical (unpaired) electrons. The van der Waals surface area contributed by atoms with E-state index < -0.39 is 12.0 Å². The largest absolute Gasteiger partial charge is 1.00 e. The molecule has 2 aliphatic rings. The molecule has 2 heterocycles. The summed E-state index contributed by atoms with van der Waals surface area (Å²) in [5.74, 6) is -1.42. The third-order valence-electron chi connectivity index (χ3n) is 10.5. The summed E-state index contributed by atoms with van der Waals surface area (Å²) in [4.78, 5) is 45.5. The molecule has 0 spiro atoms. The Kier molecular flexibility index (Phi) is 35.3. The van der Waals surface area contributed by atoms with E-state index in [4.69, 9.17) is 5.11 Å². The molecule has 2 amide bonds. The molecule has 0 saturated carbocycles. The minimum atomic E-state index is -0.647. The van der Waals surface area contributed by atoms with Crippen molar-refractivity contribution in [2.75, 3.05) is 89.7 Å². The number of hydrogen-bond donors (Lipinski definition) is 4. The molecule has 2 saturated heterocycles. The van der Waals surface area contributed by atoms with Crippen LogP contribution in [0.5, 0.6) is 0 Å². The molecule has 17 heteroatoms. The van der Waals surface area contributed by atoms with E-state index in [9.17, 15) is 19.5 Å². The number of ketones is 1. The Bertz CT molecular complexity index is 1900. The molecule has 2 aliphatic heterocycles. The Labute approximate surface area is 505 Å². The first-order chi connectivity index (χ1) is 27.9. The van der Waals surface area contributed by atoms with Gasteiger partial charge in [0, 0.05) is 111 Å². The molecule has 6 rings (SSSR count). The molecule has 4 aromatic carbocycles. The molecule has 327 valence electrons. The number of nitrogens with one attached hydrogen (secondary N) is 2. The van der Waals surface area contributed by atoms with Gasteiger partial charge in [-0.25, -0.2) is 0 Å². The topological polar surface area (TPSA) is 129 Å². The van der Waals surface area contributed by atoms with Gasteiger partial charge in [-0.05, 0) is 124 Å². The van der Waals surface area contributed by atoms with E-state index in [-0.39, 0.29) is 175 Å². The number of amides is 2. The van der Waals surface area contributed by atoms with Gasteiger partial charge in [-0.1, -0.05) is 45.7 Å². The fourth-order valence-electron chi connectivity index (χ4n) is 7.13. The SMILES string of the molecule is CCC(C(=O)Nc1ccc(N2CCN(c3ccc(Br)cc3)CC2)cc1)C(C)O.CCC(C(C)=O)C(=O)Nc1ccc(N2CCN(c3ccc(Br)cc3)CC2)cc1.CO.[2H-].[B].[CH3-].[H-].[K+].[K+].[Na+]. The molecule has 63 heavy (non-hydrogen) atoms. The maximum Gasteiger partial charge on any atom is 1.00 e. The normalized spacial score (nSPS) is 14.2. The van der Waals surface area contributed by atoms with Crippen LogP contribution in [0.15, 0.2) is 106 Å². The Morgan fingerprint density at radius 2 is 0.873 bits per heavy atom. The van der Waals surface area contributed by atoms with Crippen LogP contribution in [0, 0.1) is 19.3 Å². The number of nitrogens with zero attached hydrogens (tertiary/aromatic N) is 4. The Morgan fingerprint density at radius 3 is 1.11 bits per heavy atom. The first-order valence-electron chi connectivity index (χ1n) is 19.9. The Balaban J connectivity index is -0.000000499. The average molecular weight is 1050 g/mol. The molecule has 3 unspecified atom stereocenters. The number of aliphatic hydroxyl groups excluding tert-OH is 2. The zero-order valence-electron chi connectivity index (χ0n) is 40.8. The van der Waals surface area contributed by atoms with Gasteiger partial charge in [-0.3, -0.25) is 14.4 Å². The van der Waals surface area contributed by atoms with Crippen LogP contribution in [0.25, 0.3) is 0 Å². The van der Waals surface area contributed by atoms with Crippen molar-refractivity contribution < 1.29 is 160 Å². The summed E-state index contributed by atoms with van der Waals surface area (Å²) in [7, 11) is 1.00. The molecule has 2 fully saturated rings. The quantitative estimate of drug-likeness (QED) is 0.0834. The van der Waals surface area contributed by atoms with Gasteiger partial charge in [0.05, 0.1) is 17.9 Å². The van der Waals surface area contributed by atoms with Gasteiger partial charge in [-0.15, -0.1) is 0 Å². The van der Waals surface area contributed by atoms with E-state index >= 15 is 0 Å². The van der Waals surface area contributed by atoms with Crippen molar-refractivity contribution in [2.24, 2.45) is 11.8 Å². The smallest absolute Gasteiger partial charge is 1.00 e. The van der Waals surface area contributed by atoms with Crippen LogP contribution < -0.4 is 163 Å². The summed E-state index contributed by atoms with van der Waals surface area (Å²) in [5.41, 5.74) is 6.30. The van der Waals surface area contributed by atoms with Crippen LogP contribution in [0.2, 0.25) is 0 Å². The maximum atomic E-state index is 12.3. The van der Waals surface area contributed by atoms with E-state index in [0.29, 0.717) is 12.8 Å². The van der Waals surface area contributed by atoms with E-state index in [0.717, 1.165) is 91.2 Å². The fraction of sp³-hybridized carbons (Fsp3) is 0.391. The molecular weight excluding hydrogens is 988 g/mol. The van der Waals surface area contributed by atoms with Crippen LogP contribution in [-0.4, -0.2) is 102 Å². The molecule has 11 nitrogen and oxygen atoms in total. The average Bonchev–Trinajstić information content (AvgIpc) is 3.23. The predicted octanol–water partition coefficient (Wildman–Crippen LogP) is -0.634. The van der Waals surface area contributed by atoms with Crippen LogP contribution in [0.4, 0.5) is 34.1 Å². The van der Waals surface area contributed by atoms with Gasteiger partial charge in [0.15, 0.2) is 0 Å². The number of benzene rings is 4. The number of piperazine rings is 2. The molecule has 0 aliphatic carbocycles. The molecular formula is C46H63BBr2K2N6NaO5. The van der Waals surface area contributed by atoms with Gasteiger partial charge in [-0.2, -0.15) is 0 Å². The Morgan fingerprint density at radius 1 is 0.603 bits per heavy atom. The second-order valence-corrected chi connectivity index (χ2v) is 16.1. The summed E-state index contributed by atoms with van der Waals surface area (Å²) < 4.78 is 2.19. The standard InChI is InChI=1S/C22H28BrN3O2.C22H26BrN3O2.CH4O.CH3.B.2K.Na.2H/c2*1-3-21(16(2)27)22(28)24-18-6-10-20(11-7-18)26-14-12-25(13-15-26)19-8-4-17(23)5-9-19;1-2;;;;;;;/h4-11,16,21,27H,3,12-15H2,1-2H3,(H,24,28);4-11,21H,3,12-15H2,1-2H3,(H,24,28);2H,1H3;1H3;;;;;;/q;;;-1;;3*+1;2*-1/i;;;;;;;;1+1;. The van der Waals surface area contributed by atoms with E-state index in [1.165, 1.54) is 18.3 Å². The van der Waals surface area contributed by atoms with Crippen molar-refractivity contribution in [3.63, 3.8) is 0 Å². The number of hydrogen-bond acceptors (Lipinski definition) is 9. The zero-order chi connectivity index (χ0) is 42.2. The van der Waals surface area contributed by atoms with Gasteiger partial charge in [0.1, 0.15) is 5.78 Å². The van der Waals surface area contributed by atoms with E-state index in [1.54, 1.807) is 6.92 Å². The van der Waals surface area contributed by atoms with Crippen molar-refractivity contribution in [3.05, 3.63) is 113 Å². The van der Waals surface area contributed by atoms with Crippen LogP contribution in [0.3, 0.4) is 0 Å². The molecule has 0 aromatic heterocycles. The van der Waals surface area contributed by atoms with Crippen LogP contribution in [-0.2, 0) is 14.4 Å². The predicted molar refractivity (Wildman–Crippen MR) is 260 cm³/mol.